The Morgan fingerprint density at radius 3 is 1.86 bits per heavy atom. The van der Waals surface area contributed by atoms with Gasteiger partial charge >= 0.3 is 0 Å². The molecule has 1 aromatic heterocycles. The van der Waals surface area contributed by atoms with Crippen LogP contribution in [0, 0.1) is 13.8 Å². The van der Waals surface area contributed by atoms with Gasteiger partial charge in [-0.1, -0.05) is 0 Å². The van der Waals surface area contributed by atoms with Crippen molar-refractivity contribution in [2.45, 2.75) is 13.8 Å². The fraction of sp³-hybridized carbons (Fsp3) is 0.500. The van der Waals surface area contributed by atoms with Crippen LogP contribution >= 0.6 is 0 Å². The average Bonchev–Trinajstić information content (AvgIpc) is 1.91. The fourth-order valence-electron chi connectivity index (χ4n) is 0.337. The zero-order valence-electron chi connectivity index (χ0n) is 4.39. The fourth-order valence-corrected chi connectivity index (χ4v) is 0.337. The van der Waals surface area contributed by atoms with Gasteiger partial charge < -0.3 is 0 Å². The molecule has 1 N–H and O–H groups in total. The summed E-state index contributed by atoms with van der Waals surface area (Å²) >= 11 is 0. The minimum Gasteiger partial charge on any atom is -0.197 e. The highest BCUT2D eigenvalue weighted by Gasteiger charge is 1.90. The first-order chi connectivity index (χ1) is 3.30. The SMILES string of the molecule is Cc1n[nH]nc1C.[HH]. The van der Waals surface area contributed by atoms with Crippen LogP contribution in [-0.4, -0.2) is 15.4 Å². The maximum atomic E-state index is 3.78. The molecule has 0 aromatic carbocycles. The molecule has 0 unspecified atom stereocenters. The molecule has 0 saturated heterocycles. The van der Waals surface area contributed by atoms with Gasteiger partial charge in [-0.25, -0.2) is 0 Å². The molecule has 0 bridgehead atoms. The highest BCUT2D eigenvalue weighted by Crippen LogP contribution is 1.91. The number of H-pyrrole nitrogens is 1. The van der Waals surface area contributed by atoms with Crippen molar-refractivity contribution in [3.8, 4) is 0 Å². The minimum absolute atomic E-state index is 0. The largest absolute Gasteiger partial charge is 0.197 e. The van der Waals surface area contributed by atoms with Gasteiger partial charge in [0.1, 0.15) is 0 Å². The molecule has 3 nitrogen and oxygen atoms in total. The van der Waals surface area contributed by atoms with Crippen molar-refractivity contribution in [3.05, 3.63) is 11.4 Å². The molecule has 0 amide bonds. The lowest BCUT2D eigenvalue weighted by atomic mass is 10.4. The summed E-state index contributed by atoms with van der Waals surface area (Å²) in [5, 5.41) is 10.1. The molecule has 0 aliphatic carbocycles. The van der Waals surface area contributed by atoms with E-state index in [1.54, 1.807) is 0 Å². The molecule has 0 saturated carbocycles. The Morgan fingerprint density at radius 2 is 1.71 bits per heavy atom. The van der Waals surface area contributed by atoms with Gasteiger partial charge in [0.05, 0.1) is 11.4 Å². The second-order valence-electron chi connectivity index (χ2n) is 1.49. The number of aromatic amines is 1. The number of aryl methyl sites for hydroxylation is 2. The van der Waals surface area contributed by atoms with E-state index >= 15 is 0 Å². The van der Waals surface area contributed by atoms with E-state index in [0.29, 0.717) is 0 Å². The van der Waals surface area contributed by atoms with Crippen molar-refractivity contribution < 1.29 is 1.43 Å². The lowest BCUT2D eigenvalue weighted by Crippen LogP contribution is -1.71. The summed E-state index contributed by atoms with van der Waals surface area (Å²) in [5.74, 6) is 0. The quantitative estimate of drug-likeness (QED) is 0.519. The lowest BCUT2D eigenvalue weighted by molar-refractivity contribution is 0.921. The smallest absolute Gasteiger partial charge is 0.0822 e. The van der Waals surface area contributed by atoms with Crippen LogP contribution in [-0.2, 0) is 0 Å². The van der Waals surface area contributed by atoms with E-state index in [0.717, 1.165) is 11.4 Å². The molecule has 0 fully saturated rings. The number of rotatable bonds is 0. The Kier molecular flexibility index (Phi) is 0.817. The number of aromatic nitrogens is 3. The molecule has 1 rings (SSSR count). The third-order valence-corrected chi connectivity index (χ3v) is 0.959. The predicted molar refractivity (Wildman–Crippen MR) is 28.0 cm³/mol. The normalized spacial score (nSPS) is 9.43. The van der Waals surface area contributed by atoms with Crippen LogP contribution in [0.25, 0.3) is 0 Å². The summed E-state index contributed by atoms with van der Waals surface area (Å²) in [6.45, 7) is 3.83. The zero-order chi connectivity index (χ0) is 5.28. The Hall–Kier alpha value is -0.860. The highest BCUT2D eigenvalue weighted by atomic mass is 15.3. The van der Waals surface area contributed by atoms with Crippen LogP contribution in [0.2, 0.25) is 0 Å². The van der Waals surface area contributed by atoms with Crippen LogP contribution in [0.15, 0.2) is 0 Å². The molecule has 0 radical (unpaired) electrons. The molecule has 0 aliphatic heterocycles. The number of nitrogens with zero attached hydrogens (tertiary/aromatic N) is 2. The summed E-state index contributed by atoms with van der Waals surface area (Å²) < 4.78 is 0. The van der Waals surface area contributed by atoms with E-state index < -0.39 is 0 Å². The maximum absolute atomic E-state index is 3.78. The van der Waals surface area contributed by atoms with Gasteiger partial charge in [-0.05, 0) is 13.8 Å². The van der Waals surface area contributed by atoms with Gasteiger partial charge in [0, 0.05) is 1.43 Å². The highest BCUT2D eigenvalue weighted by molar-refractivity contribution is 5.01. The van der Waals surface area contributed by atoms with Crippen molar-refractivity contribution in [1.82, 2.24) is 15.4 Å². The molecule has 1 heterocycles. The van der Waals surface area contributed by atoms with Gasteiger partial charge in [0.15, 0.2) is 0 Å². The first-order valence-electron chi connectivity index (χ1n) is 2.14. The van der Waals surface area contributed by atoms with E-state index in [9.17, 15) is 0 Å². The Labute approximate surface area is 43.2 Å². The van der Waals surface area contributed by atoms with Crippen molar-refractivity contribution >= 4 is 0 Å². The molecular formula is C4H9N3. The summed E-state index contributed by atoms with van der Waals surface area (Å²) in [5.41, 5.74) is 1.94. The van der Waals surface area contributed by atoms with Crippen LogP contribution in [0.3, 0.4) is 0 Å². The number of nitrogens with one attached hydrogen (secondary N) is 1. The predicted octanol–water partition coefficient (Wildman–Crippen LogP) is 0.668. The molecule has 40 valence electrons. The molecule has 0 spiro atoms. The van der Waals surface area contributed by atoms with E-state index in [2.05, 4.69) is 15.4 Å². The van der Waals surface area contributed by atoms with E-state index in [4.69, 9.17) is 0 Å². The van der Waals surface area contributed by atoms with Crippen LogP contribution in [0.4, 0.5) is 0 Å². The third kappa shape index (κ3) is 0.607. The average molecular weight is 99.1 g/mol. The summed E-state index contributed by atoms with van der Waals surface area (Å²) in [6.07, 6.45) is 0. The van der Waals surface area contributed by atoms with Crippen molar-refractivity contribution in [2.24, 2.45) is 0 Å². The number of hydrogen-bond acceptors (Lipinski definition) is 2. The van der Waals surface area contributed by atoms with Crippen molar-refractivity contribution in [3.63, 3.8) is 0 Å². The standard InChI is InChI=1S/C4H7N3.H2/c1-3-4(2)6-7-5-3;/h1-2H3,(H,5,6,7);1H. The summed E-state index contributed by atoms with van der Waals surface area (Å²) in [4.78, 5) is 0. The lowest BCUT2D eigenvalue weighted by Gasteiger charge is -1.74. The van der Waals surface area contributed by atoms with E-state index in [1.165, 1.54) is 0 Å². The summed E-state index contributed by atoms with van der Waals surface area (Å²) in [6, 6.07) is 0. The molecule has 7 heavy (non-hydrogen) atoms. The zero-order valence-corrected chi connectivity index (χ0v) is 4.39. The minimum atomic E-state index is 0. The van der Waals surface area contributed by atoms with Gasteiger partial charge in [-0.2, -0.15) is 15.4 Å². The summed E-state index contributed by atoms with van der Waals surface area (Å²) in [7, 11) is 0. The molecule has 3 heteroatoms. The monoisotopic (exact) mass is 99.1 g/mol. The van der Waals surface area contributed by atoms with E-state index in [1.807, 2.05) is 13.8 Å². The van der Waals surface area contributed by atoms with Gasteiger partial charge in [-0.15, -0.1) is 0 Å². The van der Waals surface area contributed by atoms with Gasteiger partial charge in [-0.3, -0.25) is 0 Å². The second-order valence-corrected chi connectivity index (χ2v) is 1.49. The Bertz CT molecular complexity index is 144. The molecule has 0 aliphatic rings. The van der Waals surface area contributed by atoms with Crippen molar-refractivity contribution in [1.29, 1.82) is 0 Å². The number of hydrogen-bond donors (Lipinski definition) is 1. The molecular weight excluding hydrogens is 90.1 g/mol. The maximum Gasteiger partial charge on any atom is 0.0822 e. The first kappa shape index (κ1) is 4.30. The third-order valence-electron chi connectivity index (χ3n) is 0.959. The van der Waals surface area contributed by atoms with Crippen LogP contribution in [0.1, 0.15) is 12.8 Å². The molecule has 0 atom stereocenters. The molecule has 1 aromatic rings. The Morgan fingerprint density at radius 1 is 1.29 bits per heavy atom. The van der Waals surface area contributed by atoms with Crippen LogP contribution < -0.4 is 0 Å². The second kappa shape index (κ2) is 1.33. The van der Waals surface area contributed by atoms with Crippen LogP contribution in [0.5, 0.6) is 0 Å². The van der Waals surface area contributed by atoms with Crippen molar-refractivity contribution in [2.75, 3.05) is 0 Å². The van der Waals surface area contributed by atoms with E-state index in [-0.39, 0.29) is 1.43 Å². The first-order valence-corrected chi connectivity index (χ1v) is 2.14. The Balaban J connectivity index is 0.000000490. The van der Waals surface area contributed by atoms with Gasteiger partial charge in [0.2, 0.25) is 0 Å². The topological polar surface area (TPSA) is 41.6 Å². The van der Waals surface area contributed by atoms with Gasteiger partial charge in [0.25, 0.3) is 0 Å².